The summed E-state index contributed by atoms with van der Waals surface area (Å²) in [7, 11) is 0. The summed E-state index contributed by atoms with van der Waals surface area (Å²) in [6.07, 6.45) is 3.87. The molecule has 102 valence electrons. The molecule has 4 rings (SSSR count). The maximum Gasteiger partial charge on any atom is 0.0934 e. The third kappa shape index (κ3) is 1.83. The number of aryl methyl sites for hydroxylation is 2. The van der Waals surface area contributed by atoms with E-state index in [1.165, 1.54) is 24.8 Å². The second-order valence-corrected chi connectivity index (χ2v) is 6.10. The summed E-state index contributed by atoms with van der Waals surface area (Å²) >= 11 is 0. The zero-order valence-electron chi connectivity index (χ0n) is 11.5. The van der Waals surface area contributed by atoms with Crippen LogP contribution in [0.3, 0.4) is 0 Å². The van der Waals surface area contributed by atoms with Crippen LogP contribution in [0.25, 0.3) is 0 Å². The van der Waals surface area contributed by atoms with Gasteiger partial charge in [0, 0.05) is 26.2 Å². The monoisotopic (exact) mass is 258 g/mol. The smallest absolute Gasteiger partial charge is 0.0934 e. The summed E-state index contributed by atoms with van der Waals surface area (Å²) in [4.78, 5) is 2.63. The predicted octanol–water partition coefficient (Wildman–Crippen LogP) is 1.31. The van der Waals surface area contributed by atoms with Gasteiger partial charge in [-0.15, -0.1) is 0 Å². The van der Waals surface area contributed by atoms with Crippen LogP contribution in [0.15, 0.2) is 18.2 Å². The van der Waals surface area contributed by atoms with E-state index in [-0.39, 0.29) is 5.54 Å². The minimum Gasteiger partial charge on any atom is -0.377 e. The molecule has 3 aliphatic rings. The Morgan fingerprint density at radius 3 is 2.58 bits per heavy atom. The van der Waals surface area contributed by atoms with E-state index in [0.717, 1.165) is 39.4 Å². The van der Waals surface area contributed by atoms with E-state index in [4.69, 9.17) is 4.74 Å². The molecule has 1 aromatic rings. The molecule has 0 aromatic heterocycles. The normalized spacial score (nSPS) is 25.9. The van der Waals surface area contributed by atoms with Crippen molar-refractivity contribution in [3.05, 3.63) is 34.9 Å². The van der Waals surface area contributed by atoms with Crippen molar-refractivity contribution >= 4 is 0 Å². The summed E-state index contributed by atoms with van der Waals surface area (Å²) in [6, 6.07) is 7.18. The van der Waals surface area contributed by atoms with Crippen LogP contribution in [0.4, 0.5) is 0 Å². The lowest BCUT2D eigenvalue weighted by Gasteiger charge is -2.51. The van der Waals surface area contributed by atoms with Crippen molar-refractivity contribution in [1.29, 1.82) is 0 Å². The standard InChI is InChI=1S/C16H22N2O/c1-2-13-4-5-15(10-14(13)3-1)16(11-19-12-16)18-8-6-17-7-9-18/h4-5,10,17H,1-3,6-9,11-12H2. The third-order valence-electron chi connectivity index (χ3n) is 5.04. The molecule has 2 heterocycles. The van der Waals surface area contributed by atoms with E-state index < -0.39 is 0 Å². The number of hydrogen-bond donors (Lipinski definition) is 1. The molecule has 2 fully saturated rings. The van der Waals surface area contributed by atoms with E-state index in [1.54, 1.807) is 11.1 Å². The molecule has 0 bridgehead atoms. The van der Waals surface area contributed by atoms with Gasteiger partial charge >= 0.3 is 0 Å². The highest BCUT2D eigenvalue weighted by Gasteiger charge is 2.46. The highest BCUT2D eigenvalue weighted by molar-refractivity contribution is 5.39. The van der Waals surface area contributed by atoms with Gasteiger partial charge in [0.25, 0.3) is 0 Å². The molecule has 2 saturated heterocycles. The second kappa shape index (κ2) is 4.58. The van der Waals surface area contributed by atoms with Crippen LogP contribution < -0.4 is 5.32 Å². The van der Waals surface area contributed by atoms with Gasteiger partial charge in [0.2, 0.25) is 0 Å². The summed E-state index contributed by atoms with van der Waals surface area (Å²) in [5.41, 5.74) is 4.80. The van der Waals surface area contributed by atoms with Crippen LogP contribution in [0.1, 0.15) is 23.1 Å². The maximum atomic E-state index is 5.60. The third-order valence-corrected chi connectivity index (χ3v) is 5.04. The van der Waals surface area contributed by atoms with Gasteiger partial charge in [-0.1, -0.05) is 18.2 Å². The van der Waals surface area contributed by atoms with Crippen LogP contribution in [0.5, 0.6) is 0 Å². The average molecular weight is 258 g/mol. The van der Waals surface area contributed by atoms with Crippen molar-refractivity contribution in [2.45, 2.75) is 24.8 Å². The van der Waals surface area contributed by atoms with E-state index >= 15 is 0 Å². The molecule has 3 heteroatoms. The van der Waals surface area contributed by atoms with E-state index in [2.05, 4.69) is 28.4 Å². The minimum atomic E-state index is 0.166. The second-order valence-electron chi connectivity index (χ2n) is 6.10. The summed E-state index contributed by atoms with van der Waals surface area (Å²) < 4.78 is 5.60. The average Bonchev–Trinajstić information content (AvgIpc) is 2.86. The number of ether oxygens (including phenoxy) is 1. The first-order chi connectivity index (χ1) is 9.38. The fraction of sp³-hybridized carbons (Fsp3) is 0.625. The lowest BCUT2D eigenvalue weighted by Crippen LogP contribution is -2.63. The van der Waals surface area contributed by atoms with Gasteiger partial charge in [-0.05, 0) is 36.0 Å². The molecule has 3 nitrogen and oxygen atoms in total. The first-order valence-electron chi connectivity index (χ1n) is 7.54. The van der Waals surface area contributed by atoms with Crippen molar-refractivity contribution in [1.82, 2.24) is 10.2 Å². The molecule has 1 aliphatic carbocycles. The molecule has 0 amide bonds. The molecule has 19 heavy (non-hydrogen) atoms. The van der Waals surface area contributed by atoms with Crippen molar-refractivity contribution in [3.63, 3.8) is 0 Å². The Kier molecular flexibility index (Phi) is 2.87. The van der Waals surface area contributed by atoms with Gasteiger partial charge in [-0.2, -0.15) is 0 Å². The van der Waals surface area contributed by atoms with Crippen LogP contribution >= 0.6 is 0 Å². The molecule has 0 spiro atoms. The molecule has 0 atom stereocenters. The maximum absolute atomic E-state index is 5.60. The van der Waals surface area contributed by atoms with Gasteiger partial charge in [0.15, 0.2) is 0 Å². The van der Waals surface area contributed by atoms with E-state index in [0.29, 0.717) is 0 Å². The first kappa shape index (κ1) is 11.9. The molecular weight excluding hydrogens is 236 g/mol. The van der Waals surface area contributed by atoms with Crippen molar-refractivity contribution in [2.75, 3.05) is 39.4 Å². The molecule has 1 N–H and O–H groups in total. The van der Waals surface area contributed by atoms with Crippen molar-refractivity contribution < 1.29 is 4.74 Å². The molecule has 0 radical (unpaired) electrons. The SMILES string of the molecule is c1cc2c(cc1C1(N3CCNCC3)COC1)CCC2. The van der Waals surface area contributed by atoms with Crippen molar-refractivity contribution in [2.24, 2.45) is 0 Å². The number of nitrogens with one attached hydrogen (secondary N) is 1. The fourth-order valence-electron chi connectivity index (χ4n) is 3.78. The van der Waals surface area contributed by atoms with Crippen LogP contribution in [0, 0.1) is 0 Å². The Balaban J connectivity index is 1.68. The van der Waals surface area contributed by atoms with E-state index in [1.807, 2.05) is 0 Å². The number of nitrogens with zero attached hydrogens (tertiary/aromatic N) is 1. The molecule has 0 saturated carbocycles. The molecule has 0 unspecified atom stereocenters. The fourth-order valence-corrected chi connectivity index (χ4v) is 3.78. The van der Waals surface area contributed by atoms with Crippen LogP contribution in [-0.2, 0) is 23.1 Å². The molecular formula is C16H22N2O. The predicted molar refractivity (Wildman–Crippen MR) is 75.4 cm³/mol. The van der Waals surface area contributed by atoms with Crippen LogP contribution in [-0.4, -0.2) is 44.3 Å². The first-order valence-corrected chi connectivity index (χ1v) is 7.54. The van der Waals surface area contributed by atoms with E-state index in [9.17, 15) is 0 Å². The van der Waals surface area contributed by atoms with Crippen molar-refractivity contribution in [3.8, 4) is 0 Å². The van der Waals surface area contributed by atoms with Gasteiger partial charge in [0.05, 0.1) is 18.8 Å². The summed E-state index contributed by atoms with van der Waals surface area (Å²) in [5.74, 6) is 0. The minimum absolute atomic E-state index is 0.166. The van der Waals surface area contributed by atoms with Gasteiger partial charge in [-0.25, -0.2) is 0 Å². The highest BCUT2D eigenvalue weighted by atomic mass is 16.5. The lowest BCUT2D eigenvalue weighted by molar-refractivity contribution is -0.149. The largest absolute Gasteiger partial charge is 0.377 e. The Morgan fingerprint density at radius 2 is 1.84 bits per heavy atom. The highest BCUT2D eigenvalue weighted by Crippen LogP contribution is 2.38. The Morgan fingerprint density at radius 1 is 1.05 bits per heavy atom. The quantitative estimate of drug-likeness (QED) is 0.865. The van der Waals surface area contributed by atoms with Gasteiger partial charge in [-0.3, -0.25) is 4.90 Å². The summed E-state index contributed by atoms with van der Waals surface area (Å²) in [6.45, 7) is 6.22. The molecule has 1 aromatic carbocycles. The number of piperazine rings is 1. The number of fused-ring (bicyclic) bond motifs is 1. The zero-order chi connectivity index (χ0) is 12.7. The van der Waals surface area contributed by atoms with Gasteiger partial charge in [0.1, 0.15) is 0 Å². The van der Waals surface area contributed by atoms with Gasteiger partial charge < -0.3 is 10.1 Å². The molecule has 2 aliphatic heterocycles. The summed E-state index contributed by atoms with van der Waals surface area (Å²) in [5, 5.41) is 3.45. The zero-order valence-corrected chi connectivity index (χ0v) is 11.5. The Hall–Kier alpha value is -0.900. The number of rotatable bonds is 2. The topological polar surface area (TPSA) is 24.5 Å². The lowest BCUT2D eigenvalue weighted by atomic mass is 9.84. The Labute approximate surface area is 114 Å². The number of benzene rings is 1. The van der Waals surface area contributed by atoms with Crippen LogP contribution in [0.2, 0.25) is 0 Å². The Bertz CT molecular complexity index is 476. The number of hydrogen-bond acceptors (Lipinski definition) is 3.